The van der Waals surface area contributed by atoms with Crippen molar-refractivity contribution in [1.29, 1.82) is 0 Å². The Hall–Kier alpha value is -6.64. The van der Waals surface area contributed by atoms with Crippen molar-refractivity contribution in [3.63, 3.8) is 0 Å². The van der Waals surface area contributed by atoms with E-state index in [1.807, 2.05) is 0 Å². The van der Waals surface area contributed by atoms with E-state index < -0.39 is 0 Å². The maximum Gasteiger partial charge on any atom is 0.0642 e. The lowest BCUT2D eigenvalue weighted by Crippen LogP contribution is -1.95. The van der Waals surface area contributed by atoms with Gasteiger partial charge in [-0.25, -0.2) is 0 Å². The van der Waals surface area contributed by atoms with Crippen LogP contribution < -0.4 is 0 Å². The molecule has 0 fully saturated rings. The van der Waals surface area contributed by atoms with Crippen LogP contribution in [0.15, 0.2) is 182 Å². The minimum Gasteiger partial charge on any atom is -0.309 e. The van der Waals surface area contributed by atoms with Crippen LogP contribution in [-0.4, -0.2) is 8.97 Å². The second-order valence-corrected chi connectivity index (χ2v) is 13.3. The lowest BCUT2D eigenvalue weighted by atomic mass is 9.94. The molecule has 3 heterocycles. The Morgan fingerprint density at radius 3 is 1.66 bits per heavy atom. The third-order valence-electron chi connectivity index (χ3n) is 10.7. The highest BCUT2D eigenvalue weighted by molar-refractivity contribution is 6.33. The molecule has 0 amide bonds. The summed E-state index contributed by atoms with van der Waals surface area (Å²) < 4.78 is 5.04. The summed E-state index contributed by atoms with van der Waals surface area (Å²) in [7, 11) is 0. The molecule has 0 atom stereocenters. The number of fused-ring (bicyclic) bond motifs is 6. The van der Waals surface area contributed by atoms with Crippen LogP contribution in [0.1, 0.15) is 0 Å². The van der Waals surface area contributed by atoms with Crippen LogP contribution in [0.3, 0.4) is 0 Å². The first-order chi connectivity index (χ1) is 24.8. The van der Waals surface area contributed by atoms with E-state index in [1.165, 1.54) is 93.3 Å². The third-order valence-corrected chi connectivity index (χ3v) is 10.7. The Kier molecular flexibility index (Phi) is 5.70. The first kappa shape index (κ1) is 27.3. The number of para-hydroxylation sites is 2. The Labute approximate surface area is 289 Å². The Morgan fingerprint density at radius 1 is 0.300 bits per heavy atom. The van der Waals surface area contributed by atoms with Crippen molar-refractivity contribution in [2.75, 3.05) is 0 Å². The van der Waals surface area contributed by atoms with Gasteiger partial charge >= 0.3 is 0 Å². The standard InChI is InChI=1S/C48H30N2/c1-3-14-31(15-4-1)35-20-7-8-21-36(35)33-18-11-19-34(30-33)49-43-27-13-24-39-38-22-9-10-26-42(38)50-47-37(32-16-5-2-6-17-32)23-12-25-40(47)41-28-29-44(49)46(45(39)43)48(41)50/h1-30H. The quantitative estimate of drug-likeness (QED) is 0.182. The summed E-state index contributed by atoms with van der Waals surface area (Å²) in [4.78, 5) is 0. The van der Waals surface area contributed by atoms with E-state index >= 15 is 0 Å². The minimum atomic E-state index is 1.16. The predicted molar refractivity (Wildman–Crippen MR) is 212 cm³/mol. The predicted octanol–water partition coefficient (Wildman–Crippen LogP) is 12.9. The van der Waals surface area contributed by atoms with Crippen LogP contribution in [-0.2, 0) is 0 Å². The molecule has 0 saturated carbocycles. The summed E-state index contributed by atoms with van der Waals surface area (Å²) in [5, 5.41) is 7.68. The normalized spacial score (nSPS) is 12.0. The summed E-state index contributed by atoms with van der Waals surface area (Å²) in [6, 6.07) is 66.6. The van der Waals surface area contributed by atoms with Crippen LogP contribution in [0.2, 0.25) is 0 Å². The maximum atomic E-state index is 2.56. The smallest absolute Gasteiger partial charge is 0.0642 e. The fourth-order valence-electron chi connectivity index (χ4n) is 8.60. The molecule has 50 heavy (non-hydrogen) atoms. The average Bonchev–Trinajstić information content (AvgIpc) is 3.67. The second-order valence-electron chi connectivity index (χ2n) is 13.3. The zero-order valence-corrected chi connectivity index (χ0v) is 27.2. The van der Waals surface area contributed by atoms with Crippen LogP contribution in [0.25, 0.3) is 99.0 Å². The number of hydrogen-bond donors (Lipinski definition) is 0. The second kappa shape index (κ2) is 10.4. The monoisotopic (exact) mass is 634 g/mol. The van der Waals surface area contributed by atoms with E-state index in [2.05, 4.69) is 191 Å². The highest BCUT2D eigenvalue weighted by Crippen LogP contribution is 2.47. The number of nitrogens with zero attached hydrogens (tertiary/aromatic N) is 2. The first-order valence-corrected chi connectivity index (χ1v) is 17.3. The summed E-state index contributed by atoms with van der Waals surface area (Å²) >= 11 is 0. The summed E-state index contributed by atoms with van der Waals surface area (Å²) in [5.74, 6) is 0. The van der Waals surface area contributed by atoms with Crippen molar-refractivity contribution in [3.8, 4) is 39.1 Å². The fraction of sp³-hybridized carbons (Fsp3) is 0. The van der Waals surface area contributed by atoms with Crippen LogP contribution in [0.4, 0.5) is 0 Å². The van der Waals surface area contributed by atoms with Gasteiger partial charge in [0, 0.05) is 38.2 Å². The largest absolute Gasteiger partial charge is 0.309 e. The summed E-state index contributed by atoms with van der Waals surface area (Å²) in [6.07, 6.45) is 0. The Morgan fingerprint density at radius 2 is 0.840 bits per heavy atom. The van der Waals surface area contributed by atoms with Gasteiger partial charge in [0.25, 0.3) is 0 Å². The van der Waals surface area contributed by atoms with Gasteiger partial charge in [0.2, 0.25) is 0 Å². The SMILES string of the molecule is c1ccc(-c2ccccc2-c2cccc(-n3c4cccc5c6ccccc6n6c7c(-c8ccccc8)cccc7c7ccc3c(c54)c76)c2)cc1. The van der Waals surface area contributed by atoms with Crippen LogP contribution in [0, 0.1) is 0 Å². The van der Waals surface area contributed by atoms with Gasteiger partial charge in [-0.15, -0.1) is 0 Å². The Balaban J connectivity index is 1.28. The molecule has 0 radical (unpaired) electrons. The van der Waals surface area contributed by atoms with Crippen LogP contribution >= 0.6 is 0 Å². The molecule has 2 heteroatoms. The number of benzene rings is 8. The molecule has 0 N–H and O–H groups in total. The van der Waals surface area contributed by atoms with Crippen LogP contribution in [0.5, 0.6) is 0 Å². The van der Waals surface area contributed by atoms with Crippen molar-refractivity contribution in [1.82, 2.24) is 8.97 Å². The molecule has 0 aliphatic heterocycles. The average molecular weight is 635 g/mol. The molecule has 0 bridgehead atoms. The van der Waals surface area contributed by atoms with Gasteiger partial charge in [0.1, 0.15) is 0 Å². The van der Waals surface area contributed by atoms with Crippen molar-refractivity contribution in [3.05, 3.63) is 182 Å². The van der Waals surface area contributed by atoms with E-state index in [9.17, 15) is 0 Å². The molecule has 0 aliphatic carbocycles. The van der Waals surface area contributed by atoms with Gasteiger partial charge < -0.3 is 8.97 Å². The molecule has 0 spiro atoms. The fourth-order valence-corrected chi connectivity index (χ4v) is 8.60. The molecule has 0 aliphatic rings. The molecule has 11 rings (SSSR count). The third kappa shape index (κ3) is 3.73. The molecular formula is C48H30N2. The molecule has 0 saturated heterocycles. The number of hydrogen-bond acceptors (Lipinski definition) is 0. The molecule has 8 aromatic carbocycles. The molecule has 2 nitrogen and oxygen atoms in total. The topological polar surface area (TPSA) is 9.34 Å². The summed E-state index contributed by atoms with van der Waals surface area (Å²) in [5.41, 5.74) is 14.7. The zero-order chi connectivity index (χ0) is 32.8. The first-order valence-electron chi connectivity index (χ1n) is 17.3. The van der Waals surface area contributed by atoms with Crippen molar-refractivity contribution < 1.29 is 0 Å². The van der Waals surface area contributed by atoms with Gasteiger partial charge in [-0.05, 0) is 63.5 Å². The van der Waals surface area contributed by atoms with Gasteiger partial charge in [-0.2, -0.15) is 0 Å². The molecule has 11 aromatic rings. The lowest BCUT2D eigenvalue weighted by Gasteiger charge is -2.14. The van der Waals surface area contributed by atoms with Gasteiger partial charge in [-0.1, -0.05) is 152 Å². The van der Waals surface area contributed by atoms with E-state index in [0.29, 0.717) is 0 Å². The molecule has 232 valence electrons. The molecule has 0 unspecified atom stereocenters. The summed E-state index contributed by atoms with van der Waals surface area (Å²) in [6.45, 7) is 0. The van der Waals surface area contributed by atoms with Gasteiger partial charge in [-0.3, -0.25) is 0 Å². The highest BCUT2D eigenvalue weighted by Gasteiger charge is 2.24. The lowest BCUT2D eigenvalue weighted by molar-refractivity contribution is 1.18. The highest BCUT2D eigenvalue weighted by atomic mass is 15.0. The van der Waals surface area contributed by atoms with E-state index in [0.717, 1.165) is 5.69 Å². The number of rotatable bonds is 4. The minimum absolute atomic E-state index is 1.16. The number of aromatic nitrogens is 2. The van der Waals surface area contributed by atoms with Crippen molar-refractivity contribution in [2.24, 2.45) is 0 Å². The Bertz CT molecular complexity index is 3070. The van der Waals surface area contributed by atoms with E-state index in [-0.39, 0.29) is 0 Å². The van der Waals surface area contributed by atoms with E-state index in [1.54, 1.807) is 0 Å². The molecular weight excluding hydrogens is 605 g/mol. The van der Waals surface area contributed by atoms with Crippen molar-refractivity contribution >= 4 is 59.9 Å². The van der Waals surface area contributed by atoms with Gasteiger partial charge in [0.15, 0.2) is 0 Å². The zero-order valence-electron chi connectivity index (χ0n) is 27.2. The van der Waals surface area contributed by atoms with Crippen molar-refractivity contribution in [2.45, 2.75) is 0 Å². The van der Waals surface area contributed by atoms with E-state index in [4.69, 9.17) is 0 Å². The molecule has 3 aromatic heterocycles. The van der Waals surface area contributed by atoms with Gasteiger partial charge in [0.05, 0.1) is 27.6 Å². The maximum absolute atomic E-state index is 2.56.